The predicted octanol–water partition coefficient (Wildman–Crippen LogP) is 5.44. The van der Waals surface area contributed by atoms with Gasteiger partial charge in [0.1, 0.15) is 0 Å². The van der Waals surface area contributed by atoms with E-state index in [4.69, 9.17) is 0 Å². The molecule has 0 radical (unpaired) electrons. The van der Waals surface area contributed by atoms with Crippen molar-refractivity contribution in [3.63, 3.8) is 0 Å². The van der Waals surface area contributed by atoms with E-state index in [9.17, 15) is 26.3 Å². The fourth-order valence-corrected chi connectivity index (χ4v) is 3.05. The predicted molar refractivity (Wildman–Crippen MR) is 100.0 cm³/mol. The molecule has 4 aromatic rings. The number of halogens is 6. The minimum atomic E-state index is -4.94. The maximum atomic E-state index is 13.2. The van der Waals surface area contributed by atoms with Crippen LogP contribution in [-0.4, -0.2) is 19.4 Å². The van der Waals surface area contributed by atoms with Crippen molar-refractivity contribution in [2.24, 2.45) is 0 Å². The first kappa shape index (κ1) is 20.6. The Labute approximate surface area is 171 Å². The van der Waals surface area contributed by atoms with Crippen LogP contribution in [-0.2, 0) is 18.9 Å². The molecular weight excluding hydrogens is 424 g/mol. The lowest BCUT2D eigenvalue weighted by Crippen LogP contribution is -2.11. The molecule has 3 aromatic heterocycles. The molecule has 3 heterocycles. The molecule has 0 unspecified atom stereocenters. The smallest absolute Gasteiger partial charge is 0.363 e. The molecule has 0 amide bonds. The minimum Gasteiger partial charge on any atom is -0.363 e. The normalized spacial score (nSPS) is 12.3. The van der Waals surface area contributed by atoms with Gasteiger partial charge in [-0.15, -0.1) is 0 Å². The molecule has 0 aliphatic carbocycles. The molecule has 4 rings (SSSR count). The summed E-state index contributed by atoms with van der Waals surface area (Å²) in [5.41, 5.74) is -1.87. The van der Waals surface area contributed by atoms with Crippen LogP contribution in [0.25, 0.3) is 16.9 Å². The first-order chi connectivity index (χ1) is 14.6. The highest BCUT2D eigenvalue weighted by atomic mass is 19.4. The van der Waals surface area contributed by atoms with E-state index in [1.54, 1.807) is 18.5 Å². The second-order valence-electron chi connectivity index (χ2n) is 6.62. The number of imidazole rings is 1. The molecule has 0 atom stereocenters. The van der Waals surface area contributed by atoms with Crippen molar-refractivity contribution in [1.29, 1.82) is 0 Å². The Morgan fingerprint density at radius 2 is 1.58 bits per heavy atom. The number of hydrogen-bond donors (Lipinski definition) is 1. The van der Waals surface area contributed by atoms with Gasteiger partial charge in [0, 0.05) is 36.9 Å². The maximum Gasteiger partial charge on any atom is 0.416 e. The van der Waals surface area contributed by atoms with Crippen LogP contribution in [0.3, 0.4) is 0 Å². The van der Waals surface area contributed by atoms with E-state index in [1.165, 1.54) is 23.0 Å². The zero-order valence-corrected chi connectivity index (χ0v) is 15.5. The number of anilines is 1. The quantitative estimate of drug-likeness (QED) is 0.432. The van der Waals surface area contributed by atoms with Crippen LogP contribution in [0.4, 0.5) is 32.2 Å². The molecule has 0 bridgehead atoms. The summed E-state index contributed by atoms with van der Waals surface area (Å²) in [4.78, 5) is 12.3. The van der Waals surface area contributed by atoms with Gasteiger partial charge in [-0.1, -0.05) is 6.07 Å². The Hall–Kier alpha value is -3.63. The molecular formula is C20H13F6N5. The van der Waals surface area contributed by atoms with E-state index in [-0.39, 0.29) is 23.0 Å². The summed E-state index contributed by atoms with van der Waals surface area (Å²) in [6.45, 7) is 0.352. The van der Waals surface area contributed by atoms with Crippen molar-refractivity contribution in [2.45, 2.75) is 18.9 Å². The first-order valence-corrected chi connectivity index (χ1v) is 8.87. The number of nitrogens with zero attached hydrogens (tertiary/aromatic N) is 4. The topological polar surface area (TPSA) is 55.1 Å². The SMILES string of the molecule is FC(F)(F)c1cc(-c2cnc3c(NCc4cccnc4)nccn23)cc(C(F)(F)F)c1. The highest BCUT2D eigenvalue weighted by Crippen LogP contribution is 2.38. The third-order valence-electron chi connectivity index (χ3n) is 4.49. The summed E-state index contributed by atoms with van der Waals surface area (Å²) >= 11 is 0. The van der Waals surface area contributed by atoms with Gasteiger partial charge < -0.3 is 5.32 Å². The summed E-state index contributed by atoms with van der Waals surface area (Å²) in [5, 5.41) is 3.05. The van der Waals surface area contributed by atoms with Crippen molar-refractivity contribution >= 4 is 11.5 Å². The van der Waals surface area contributed by atoms with Gasteiger partial charge in [-0.2, -0.15) is 26.3 Å². The number of hydrogen-bond acceptors (Lipinski definition) is 4. The fraction of sp³-hybridized carbons (Fsp3) is 0.150. The van der Waals surface area contributed by atoms with Crippen LogP contribution in [0.2, 0.25) is 0 Å². The van der Waals surface area contributed by atoms with Gasteiger partial charge >= 0.3 is 12.4 Å². The van der Waals surface area contributed by atoms with Crippen LogP contribution in [0, 0.1) is 0 Å². The molecule has 1 aromatic carbocycles. The van der Waals surface area contributed by atoms with Crippen LogP contribution >= 0.6 is 0 Å². The lowest BCUT2D eigenvalue weighted by atomic mass is 10.0. The minimum absolute atomic E-state index is 0.0680. The van der Waals surface area contributed by atoms with E-state index in [0.717, 1.165) is 5.56 Å². The van der Waals surface area contributed by atoms with Crippen LogP contribution in [0.1, 0.15) is 16.7 Å². The third kappa shape index (κ3) is 4.30. The van der Waals surface area contributed by atoms with Crippen molar-refractivity contribution < 1.29 is 26.3 Å². The molecule has 160 valence electrons. The number of pyridine rings is 1. The Morgan fingerprint density at radius 3 is 2.19 bits per heavy atom. The molecule has 0 aliphatic heterocycles. The van der Waals surface area contributed by atoms with Crippen molar-refractivity contribution in [3.05, 3.63) is 78.0 Å². The van der Waals surface area contributed by atoms with Gasteiger partial charge in [0.2, 0.25) is 0 Å². The third-order valence-corrected chi connectivity index (χ3v) is 4.49. The number of nitrogens with one attached hydrogen (secondary N) is 1. The molecule has 0 saturated carbocycles. The highest BCUT2D eigenvalue weighted by Gasteiger charge is 2.37. The Morgan fingerprint density at radius 1 is 0.871 bits per heavy atom. The molecule has 5 nitrogen and oxygen atoms in total. The summed E-state index contributed by atoms with van der Waals surface area (Å²) < 4.78 is 80.6. The van der Waals surface area contributed by atoms with E-state index in [1.807, 2.05) is 6.07 Å². The van der Waals surface area contributed by atoms with Crippen molar-refractivity contribution in [3.8, 4) is 11.3 Å². The van der Waals surface area contributed by atoms with E-state index >= 15 is 0 Å². The standard InChI is InChI=1S/C20H13F6N5/c21-19(22,23)14-6-13(7-15(8-14)20(24,25)26)16-11-30-18-17(28-4-5-31(16)18)29-10-12-2-1-3-27-9-12/h1-9,11H,10H2,(H,28,29). The number of fused-ring (bicyclic) bond motifs is 1. The van der Waals surface area contributed by atoms with E-state index < -0.39 is 23.5 Å². The Kier molecular flexibility index (Phi) is 5.03. The summed E-state index contributed by atoms with van der Waals surface area (Å²) in [7, 11) is 0. The van der Waals surface area contributed by atoms with Crippen LogP contribution in [0.15, 0.2) is 61.3 Å². The maximum absolute atomic E-state index is 13.2. The second kappa shape index (κ2) is 7.56. The zero-order chi connectivity index (χ0) is 22.2. The molecule has 0 fully saturated rings. The molecule has 0 saturated heterocycles. The van der Waals surface area contributed by atoms with E-state index in [0.29, 0.717) is 24.5 Å². The molecule has 31 heavy (non-hydrogen) atoms. The van der Waals surface area contributed by atoms with E-state index in [2.05, 4.69) is 20.3 Å². The summed E-state index contributed by atoms with van der Waals surface area (Å²) in [5.74, 6) is 0.320. The largest absolute Gasteiger partial charge is 0.416 e. The monoisotopic (exact) mass is 437 g/mol. The lowest BCUT2D eigenvalue weighted by Gasteiger charge is -2.14. The van der Waals surface area contributed by atoms with Crippen LogP contribution in [0.5, 0.6) is 0 Å². The van der Waals surface area contributed by atoms with Gasteiger partial charge in [0.05, 0.1) is 23.0 Å². The lowest BCUT2D eigenvalue weighted by molar-refractivity contribution is -0.143. The average molecular weight is 437 g/mol. The Balaban J connectivity index is 1.77. The molecule has 1 N–H and O–H groups in total. The number of aromatic nitrogens is 4. The van der Waals surface area contributed by atoms with Gasteiger partial charge in [-0.3, -0.25) is 9.38 Å². The van der Waals surface area contributed by atoms with Gasteiger partial charge in [0.15, 0.2) is 11.5 Å². The van der Waals surface area contributed by atoms with Gasteiger partial charge in [-0.05, 0) is 29.8 Å². The van der Waals surface area contributed by atoms with Crippen LogP contribution < -0.4 is 5.32 Å². The highest BCUT2D eigenvalue weighted by molar-refractivity contribution is 5.71. The number of benzene rings is 1. The zero-order valence-electron chi connectivity index (χ0n) is 15.5. The summed E-state index contributed by atoms with van der Waals surface area (Å²) in [6.07, 6.45) is -2.60. The number of rotatable bonds is 4. The van der Waals surface area contributed by atoms with Gasteiger partial charge in [0.25, 0.3) is 0 Å². The average Bonchev–Trinajstić information content (AvgIpc) is 3.16. The number of alkyl halides is 6. The summed E-state index contributed by atoms with van der Waals surface area (Å²) in [6, 6.07) is 5.02. The van der Waals surface area contributed by atoms with Crippen molar-refractivity contribution in [1.82, 2.24) is 19.4 Å². The van der Waals surface area contributed by atoms with Crippen molar-refractivity contribution in [2.75, 3.05) is 5.32 Å². The first-order valence-electron chi connectivity index (χ1n) is 8.87. The van der Waals surface area contributed by atoms with Gasteiger partial charge in [-0.25, -0.2) is 9.97 Å². The molecule has 0 aliphatic rings. The Bertz CT molecular complexity index is 1180. The molecule has 11 heteroatoms. The fourth-order valence-electron chi connectivity index (χ4n) is 3.05. The second-order valence-corrected chi connectivity index (χ2v) is 6.62. The molecule has 0 spiro atoms.